The van der Waals surface area contributed by atoms with E-state index in [1.54, 1.807) is 29.3 Å². The molecular formula is C31H30F2N6O3. The molecule has 0 unspecified atom stereocenters. The van der Waals surface area contributed by atoms with Crippen molar-refractivity contribution in [3.05, 3.63) is 76.2 Å². The van der Waals surface area contributed by atoms with Crippen LogP contribution in [0, 0.1) is 18.6 Å². The van der Waals surface area contributed by atoms with Gasteiger partial charge in [0, 0.05) is 44.2 Å². The normalized spacial score (nSPS) is 15.8. The number of anilines is 1. The molecule has 1 saturated heterocycles. The number of carbonyl (C=O) groups excluding carboxylic acids is 1. The summed E-state index contributed by atoms with van der Waals surface area (Å²) in [6, 6.07) is 7.26. The van der Waals surface area contributed by atoms with Crippen molar-refractivity contribution in [3.8, 4) is 16.9 Å². The monoisotopic (exact) mass is 572 g/mol. The number of carbonyl (C=O) groups is 1. The van der Waals surface area contributed by atoms with Crippen LogP contribution in [0.1, 0.15) is 44.9 Å². The van der Waals surface area contributed by atoms with Crippen LogP contribution in [0.2, 0.25) is 0 Å². The summed E-state index contributed by atoms with van der Waals surface area (Å²) < 4.78 is 38.3. The zero-order valence-corrected chi connectivity index (χ0v) is 24.0. The second-order valence-electron chi connectivity index (χ2n) is 11.0. The molecule has 5 aromatic rings. The van der Waals surface area contributed by atoms with Crippen LogP contribution in [0.3, 0.4) is 0 Å². The van der Waals surface area contributed by atoms with E-state index in [1.165, 1.54) is 29.9 Å². The number of nitrogens with zero attached hydrogens (tertiary/aromatic N) is 6. The molecule has 0 radical (unpaired) electrons. The molecule has 0 N–H and O–H groups in total. The van der Waals surface area contributed by atoms with Crippen LogP contribution in [-0.2, 0) is 4.79 Å². The number of fused-ring (bicyclic) bond motifs is 2. The Labute approximate surface area is 240 Å². The number of pyridine rings is 2. The van der Waals surface area contributed by atoms with Crippen molar-refractivity contribution in [2.45, 2.75) is 46.6 Å². The molecule has 0 saturated carbocycles. The third-order valence-electron chi connectivity index (χ3n) is 7.88. The van der Waals surface area contributed by atoms with Gasteiger partial charge in [0.05, 0.1) is 28.6 Å². The van der Waals surface area contributed by atoms with E-state index in [0.29, 0.717) is 36.4 Å². The molecule has 1 atom stereocenters. The van der Waals surface area contributed by atoms with E-state index < -0.39 is 17.3 Å². The van der Waals surface area contributed by atoms with Gasteiger partial charge in [0.25, 0.3) is 0 Å². The van der Waals surface area contributed by atoms with E-state index in [2.05, 4.69) is 15.0 Å². The molecule has 1 fully saturated rings. The maximum atomic E-state index is 16.1. The first-order chi connectivity index (χ1) is 20.1. The van der Waals surface area contributed by atoms with E-state index in [9.17, 15) is 9.59 Å². The van der Waals surface area contributed by atoms with Gasteiger partial charge < -0.3 is 14.2 Å². The Kier molecular flexibility index (Phi) is 6.75. The summed E-state index contributed by atoms with van der Waals surface area (Å²) in [5, 5.41) is 0.867. The third kappa shape index (κ3) is 4.40. The summed E-state index contributed by atoms with van der Waals surface area (Å²) in [7, 11) is 0. The number of amides is 1. The second kappa shape index (κ2) is 10.3. The first-order valence-electron chi connectivity index (χ1n) is 13.8. The van der Waals surface area contributed by atoms with Crippen molar-refractivity contribution in [3.63, 3.8) is 0 Å². The van der Waals surface area contributed by atoms with Gasteiger partial charge in [-0.25, -0.2) is 23.1 Å². The molecule has 216 valence electrons. The van der Waals surface area contributed by atoms with Crippen molar-refractivity contribution < 1.29 is 18.0 Å². The number of aryl methyl sites for hydroxylation is 1. The summed E-state index contributed by atoms with van der Waals surface area (Å²) >= 11 is 0. The standard InChI is InChI=1S/C31H30F2N6O3/c1-16(2)25-27(17(3)8-10-34-25)39-30-21(29(36-31(39)41)38-12-11-37(19(5)40)15-18(38)4)14-23(33)26(35-30)24-22(32)7-6-20-9-13-42-28(20)24/h6-10,13-14,16,18H,11-12,15H2,1-5H3/t18-/m0/s1. The zero-order chi connectivity index (χ0) is 29.9. The molecule has 6 rings (SSSR count). The molecular weight excluding hydrogens is 542 g/mol. The number of benzene rings is 1. The molecule has 0 aliphatic carbocycles. The second-order valence-corrected chi connectivity index (χ2v) is 11.0. The number of hydrogen-bond acceptors (Lipinski definition) is 7. The van der Waals surface area contributed by atoms with Crippen molar-refractivity contribution in [1.82, 2.24) is 24.4 Å². The predicted molar refractivity (Wildman–Crippen MR) is 156 cm³/mol. The van der Waals surface area contributed by atoms with Gasteiger partial charge in [-0.1, -0.05) is 13.8 Å². The minimum absolute atomic E-state index is 0.0468. The average molecular weight is 573 g/mol. The van der Waals surface area contributed by atoms with E-state index in [4.69, 9.17) is 4.42 Å². The van der Waals surface area contributed by atoms with Gasteiger partial charge in [0.1, 0.15) is 22.9 Å². The SMILES string of the molecule is CC(=O)N1CCN(c2nc(=O)n(-c3c(C)ccnc3C(C)C)c3nc(-c4c(F)ccc5ccoc45)c(F)cc23)[C@@H](C)C1. The Morgan fingerprint density at radius 2 is 1.88 bits per heavy atom. The zero-order valence-electron chi connectivity index (χ0n) is 24.0. The largest absolute Gasteiger partial charge is 0.464 e. The van der Waals surface area contributed by atoms with E-state index in [0.717, 1.165) is 5.56 Å². The van der Waals surface area contributed by atoms with Crippen molar-refractivity contribution >= 4 is 33.7 Å². The van der Waals surface area contributed by atoms with Crippen molar-refractivity contribution in [2.75, 3.05) is 24.5 Å². The summed E-state index contributed by atoms with van der Waals surface area (Å²) in [4.78, 5) is 43.3. The topological polar surface area (TPSA) is 97.4 Å². The quantitative estimate of drug-likeness (QED) is 0.286. The Balaban J connectivity index is 1.69. The lowest BCUT2D eigenvalue weighted by Crippen LogP contribution is -2.54. The summed E-state index contributed by atoms with van der Waals surface area (Å²) in [5.74, 6) is -1.35. The van der Waals surface area contributed by atoms with Gasteiger partial charge in [-0.3, -0.25) is 9.78 Å². The van der Waals surface area contributed by atoms with Gasteiger partial charge in [-0.05, 0) is 55.7 Å². The first kappa shape index (κ1) is 27.5. The molecule has 1 aliphatic rings. The minimum Gasteiger partial charge on any atom is -0.464 e. The van der Waals surface area contributed by atoms with Crippen LogP contribution in [-0.4, -0.2) is 56.0 Å². The molecule has 1 amide bonds. The Morgan fingerprint density at radius 1 is 1.10 bits per heavy atom. The smallest absolute Gasteiger partial charge is 0.355 e. The molecule has 9 nitrogen and oxygen atoms in total. The number of hydrogen-bond donors (Lipinski definition) is 0. The maximum Gasteiger partial charge on any atom is 0.355 e. The fourth-order valence-electron chi connectivity index (χ4n) is 5.77. The van der Waals surface area contributed by atoms with E-state index >= 15 is 8.78 Å². The van der Waals surface area contributed by atoms with Crippen LogP contribution < -0.4 is 10.6 Å². The van der Waals surface area contributed by atoms with E-state index in [-0.39, 0.29) is 51.6 Å². The molecule has 4 aromatic heterocycles. The van der Waals surface area contributed by atoms with Gasteiger partial charge in [0.2, 0.25) is 5.91 Å². The molecule has 1 aliphatic heterocycles. The van der Waals surface area contributed by atoms with Gasteiger partial charge in [-0.15, -0.1) is 0 Å². The number of furan rings is 1. The molecule has 0 bridgehead atoms. The van der Waals surface area contributed by atoms with Gasteiger partial charge >= 0.3 is 5.69 Å². The Bertz CT molecular complexity index is 1930. The lowest BCUT2D eigenvalue weighted by atomic mass is 10.0. The number of aromatic nitrogens is 4. The molecule has 5 heterocycles. The molecule has 42 heavy (non-hydrogen) atoms. The van der Waals surface area contributed by atoms with Gasteiger partial charge in [0.15, 0.2) is 11.5 Å². The number of halogens is 2. The minimum atomic E-state index is -0.791. The van der Waals surface area contributed by atoms with Crippen LogP contribution >= 0.6 is 0 Å². The van der Waals surface area contributed by atoms with Crippen molar-refractivity contribution in [1.29, 1.82) is 0 Å². The lowest BCUT2D eigenvalue weighted by Gasteiger charge is -2.40. The maximum absolute atomic E-state index is 16.1. The summed E-state index contributed by atoms with van der Waals surface area (Å²) in [6.07, 6.45) is 3.07. The van der Waals surface area contributed by atoms with E-state index in [1.807, 2.05) is 32.6 Å². The highest BCUT2D eigenvalue weighted by molar-refractivity contribution is 5.95. The number of piperazine rings is 1. The highest BCUT2D eigenvalue weighted by Gasteiger charge is 2.31. The average Bonchev–Trinajstić information content (AvgIpc) is 3.42. The van der Waals surface area contributed by atoms with Gasteiger partial charge in [-0.2, -0.15) is 4.98 Å². The lowest BCUT2D eigenvalue weighted by molar-refractivity contribution is -0.129. The Morgan fingerprint density at radius 3 is 2.60 bits per heavy atom. The summed E-state index contributed by atoms with van der Waals surface area (Å²) in [5.41, 5.74) is 1.11. The summed E-state index contributed by atoms with van der Waals surface area (Å²) in [6.45, 7) is 10.4. The van der Waals surface area contributed by atoms with Crippen LogP contribution in [0.4, 0.5) is 14.6 Å². The van der Waals surface area contributed by atoms with Crippen LogP contribution in [0.25, 0.3) is 38.9 Å². The fraction of sp³-hybridized carbons (Fsp3) is 0.323. The van der Waals surface area contributed by atoms with Crippen molar-refractivity contribution in [2.24, 2.45) is 0 Å². The highest BCUT2D eigenvalue weighted by atomic mass is 19.1. The van der Waals surface area contributed by atoms with Crippen LogP contribution in [0.15, 0.2) is 52.0 Å². The molecule has 0 spiro atoms. The molecule has 11 heteroatoms. The predicted octanol–water partition coefficient (Wildman–Crippen LogP) is 5.36. The number of rotatable bonds is 4. The third-order valence-corrected chi connectivity index (χ3v) is 7.88. The molecule has 1 aromatic carbocycles. The fourth-order valence-corrected chi connectivity index (χ4v) is 5.77. The van der Waals surface area contributed by atoms with Crippen LogP contribution in [0.5, 0.6) is 0 Å². The first-order valence-corrected chi connectivity index (χ1v) is 13.8. The Hall–Kier alpha value is -4.67. The highest BCUT2D eigenvalue weighted by Crippen LogP contribution is 2.37.